The summed E-state index contributed by atoms with van der Waals surface area (Å²) in [6.07, 6.45) is 4.19. The van der Waals surface area contributed by atoms with Crippen molar-refractivity contribution in [3.05, 3.63) is 0 Å². The lowest BCUT2D eigenvalue weighted by Gasteiger charge is -2.64. The quantitative estimate of drug-likeness (QED) is 0.684. The van der Waals surface area contributed by atoms with E-state index in [1.54, 1.807) is 0 Å². The second-order valence-corrected chi connectivity index (χ2v) is 7.12. The molecule has 0 amide bonds. The molecule has 16 heavy (non-hydrogen) atoms. The lowest BCUT2D eigenvalue weighted by atomic mass is 9.38. The Morgan fingerprint density at radius 1 is 1.25 bits per heavy atom. The van der Waals surface area contributed by atoms with Crippen LogP contribution in [0.4, 0.5) is 0 Å². The first-order valence-corrected chi connectivity index (χ1v) is 6.56. The summed E-state index contributed by atoms with van der Waals surface area (Å²) in [6.45, 7) is 6.72. The molecule has 0 radical (unpaired) electrons. The summed E-state index contributed by atoms with van der Waals surface area (Å²) in [5.74, 6) is 0.967. The van der Waals surface area contributed by atoms with Gasteiger partial charge in [0.25, 0.3) is 0 Å². The topological polar surface area (TPSA) is 37.3 Å². The first-order valence-electron chi connectivity index (χ1n) is 6.56. The first kappa shape index (κ1) is 10.8. The van der Waals surface area contributed by atoms with E-state index in [9.17, 15) is 9.90 Å². The summed E-state index contributed by atoms with van der Waals surface area (Å²) in [7, 11) is 0. The molecule has 2 nitrogen and oxygen atoms in total. The molecule has 3 fully saturated rings. The molecule has 0 bridgehead atoms. The second-order valence-electron chi connectivity index (χ2n) is 7.12. The fourth-order valence-electron chi connectivity index (χ4n) is 5.29. The average molecular weight is 222 g/mol. The monoisotopic (exact) mass is 222 g/mol. The number of rotatable bonds is 0. The first-order chi connectivity index (χ1) is 7.34. The van der Waals surface area contributed by atoms with E-state index in [1.165, 1.54) is 0 Å². The molecule has 3 rings (SSSR count). The van der Waals surface area contributed by atoms with Gasteiger partial charge in [0.15, 0.2) is 0 Å². The summed E-state index contributed by atoms with van der Waals surface area (Å²) in [5, 5.41) is 10.3. The average Bonchev–Trinajstić information content (AvgIpc) is 2.45. The van der Waals surface area contributed by atoms with Crippen LogP contribution in [0.5, 0.6) is 0 Å². The van der Waals surface area contributed by atoms with Crippen LogP contribution in [0, 0.1) is 22.2 Å². The lowest BCUT2D eigenvalue weighted by molar-refractivity contribution is -0.199. The fourth-order valence-corrected chi connectivity index (χ4v) is 5.29. The highest BCUT2D eigenvalue weighted by Crippen LogP contribution is 2.76. The van der Waals surface area contributed by atoms with E-state index >= 15 is 0 Å². The Balaban J connectivity index is 2.08. The number of carbonyl (C=O) groups is 1. The minimum Gasteiger partial charge on any atom is -0.393 e. The van der Waals surface area contributed by atoms with Gasteiger partial charge in [0.1, 0.15) is 5.78 Å². The van der Waals surface area contributed by atoms with Crippen molar-refractivity contribution in [2.75, 3.05) is 0 Å². The Labute approximate surface area is 97.4 Å². The van der Waals surface area contributed by atoms with Crippen LogP contribution in [0.25, 0.3) is 0 Å². The highest BCUT2D eigenvalue weighted by molar-refractivity contribution is 5.89. The molecule has 0 saturated heterocycles. The van der Waals surface area contributed by atoms with Gasteiger partial charge in [-0.25, -0.2) is 0 Å². The Hall–Kier alpha value is -0.370. The van der Waals surface area contributed by atoms with Crippen molar-refractivity contribution in [2.24, 2.45) is 22.2 Å². The van der Waals surface area contributed by atoms with Crippen molar-refractivity contribution < 1.29 is 9.90 Å². The third kappa shape index (κ3) is 0.883. The van der Waals surface area contributed by atoms with E-state index in [0.29, 0.717) is 30.0 Å². The fraction of sp³-hybridized carbons (Fsp3) is 0.929. The van der Waals surface area contributed by atoms with Gasteiger partial charge in [-0.05, 0) is 37.0 Å². The molecule has 0 heterocycles. The summed E-state index contributed by atoms with van der Waals surface area (Å²) in [4.78, 5) is 12.4. The molecule has 3 aliphatic rings. The number of aliphatic hydroxyl groups is 1. The molecular weight excluding hydrogens is 200 g/mol. The Morgan fingerprint density at radius 3 is 2.56 bits per heavy atom. The maximum atomic E-state index is 12.4. The van der Waals surface area contributed by atoms with E-state index in [2.05, 4.69) is 20.8 Å². The van der Waals surface area contributed by atoms with Gasteiger partial charge in [-0.2, -0.15) is 0 Å². The van der Waals surface area contributed by atoms with Crippen LogP contribution >= 0.6 is 0 Å². The summed E-state index contributed by atoms with van der Waals surface area (Å²) >= 11 is 0. The van der Waals surface area contributed by atoms with Crippen LogP contribution in [0.2, 0.25) is 0 Å². The summed E-state index contributed by atoms with van der Waals surface area (Å²) in [6, 6.07) is 0. The largest absolute Gasteiger partial charge is 0.393 e. The van der Waals surface area contributed by atoms with Crippen LogP contribution in [0.15, 0.2) is 0 Å². The Kier molecular flexibility index (Phi) is 1.83. The maximum absolute atomic E-state index is 12.4. The van der Waals surface area contributed by atoms with E-state index in [4.69, 9.17) is 0 Å². The normalized spacial score (nSPS) is 54.1. The molecule has 4 atom stereocenters. The van der Waals surface area contributed by atoms with Gasteiger partial charge >= 0.3 is 0 Å². The summed E-state index contributed by atoms with van der Waals surface area (Å²) < 4.78 is 0. The summed E-state index contributed by atoms with van der Waals surface area (Å²) in [5.41, 5.74) is 0.0289. The Morgan fingerprint density at radius 2 is 1.94 bits per heavy atom. The van der Waals surface area contributed by atoms with E-state index < -0.39 is 0 Å². The molecule has 0 aliphatic heterocycles. The number of carbonyl (C=O) groups excluding carboxylic acids is 1. The zero-order chi connectivity index (χ0) is 11.8. The van der Waals surface area contributed by atoms with Gasteiger partial charge in [0.05, 0.1) is 6.10 Å². The molecule has 90 valence electrons. The van der Waals surface area contributed by atoms with E-state index in [-0.39, 0.29) is 16.9 Å². The number of aliphatic hydroxyl groups excluding tert-OH is 1. The predicted octanol–water partition coefficient (Wildman–Crippen LogP) is 2.54. The van der Waals surface area contributed by atoms with Gasteiger partial charge < -0.3 is 5.11 Å². The highest BCUT2D eigenvalue weighted by atomic mass is 16.3. The van der Waals surface area contributed by atoms with Gasteiger partial charge in [0, 0.05) is 17.3 Å². The third-order valence-corrected chi connectivity index (χ3v) is 6.12. The number of hydrogen-bond acceptors (Lipinski definition) is 2. The van der Waals surface area contributed by atoms with E-state index in [0.717, 1.165) is 19.3 Å². The second kappa shape index (κ2) is 2.72. The smallest absolute Gasteiger partial charge is 0.140 e. The molecule has 3 aliphatic carbocycles. The molecule has 0 unspecified atom stereocenters. The number of Topliss-reactive ketones (excluding diaryl/α,β-unsaturated/α-hetero) is 1. The molecule has 1 N–H and O–H groups in total. The SMILES string of the molecule is CC1(C)C[C@]23C(=O)CC[C@@H](O)[C@@]2(C)CC[C@@H]13. The molecule has 0 aromatic carbocycles. The van der Waals surface area contributed by atoms with Crippen LogP contribution in [0.3, 0.4) is 0 Å². The highest BCUT2D eigenvalue weighted by Gasteiger charge is 2.74. The van der Waals surface area contributed by atoms with Crippen LogP contribution in [0.1, 0.15) is 52.9 Å². The van der Waals surface area contributed by atoms with Crippen molar-refractivity contribution in [1.29, 1.82) is 0 Å². The van der Waals surface area contributed by atoms with E-state index in [1.807, 2.05) is 0 Å². The minimum absolute atomic E-state index is 0.122. The molecule has 0 aromatic heterocycles. The van der Waals surface area contributed by atoms with Gasteiger partial charge in [0.2, 0.25) is 0 Å². The van der Waals surface area contributed by atoms with Gasteiger partial charge in [-0.15, -0.1) is 0 Å². The molecule has 1 spiro atoms. The minimum atomic E-state index is -0.258. The molecule has 2 heteroatoms. The lowest BCUT2D eigenvalue weighted by Crippen LogP contribution is -2.65. The third-order valence-electron chi connectivity index (χ3n) is 6.12. The molecule has 0 aromatic rings. The zero-order valence-electron chi connectivity index (χ0n) is 10.5. The molecular formula is C14H22O2. The van der Waals surface area contributed by atoms with Crippen molar-refractivity contribution in [3.8, 4) is 0 Å². The number of hydrogen-bond donors (Lipinski definition) is 1. The predicted molar refractivity (Wildman–Crippen MR) is 61.9 cm³/mol. The van der Waals surface area contributed by atoms with Crippen LogP contribution in [-0.4, -0.2) is 17.0 Å². The van der Waals surface area contributed by atoms with Gasteiger partial charge in [-0.1, -0.05) is 20.8 Å². The van der Waals surface area contributed by atoms with Crippen LogP contribution < -0.4 is 0 Å². The Bertz CT molecular complexity index is 360. The standard InChI is InChI=1S/C14H22O2/c1-12(2)8-14-9(12)6-7-13(14,3)10(15)4-5-11(14)16/h9-10,15H,4-8H2,1-3H3/t9-,10+,13+,14-/m0/s1. The van der Waals surface area contributed by atoms with Crippen molar-refractivity contribution in [1.82, 2.24) is 0 Å². The van der Waals surface area contributed by atoms with Gasteiger partial charge in [-0.3, -0.25) is 4.79 Å². The zero-order valence-corrected chi connectivity index (χ0v) is 10.5. The van der Waals surface area contributed by atoms with Crippen molar-refractivity contribution in [2.45, 2.75) is 59.0 Å². The van der Waals surface area contributed by atoms with Crippen molar-refractivity contribution >= 4 is 5.78 Å². The number of ketones is 1. The maximum Gasteiger partial charge on any atom is 0.140 e. The van der Waals surface area contributed by atoms with Crippen LogP contribution in [-0.2, 0) is 4.79 Å². The molecule has 3 saturated carbocycles. The van der Waals surface area contributed by atoms with Crippen molar-refractivity contribution in [3.63, 3.8) is 0 Å².